The van der Waals surface area contributed by atoms with Crippen LogP contribution in [0.4, 0.5) is 0 Å². The Morgan fingerprint density at radius 3 is 2.58 bits per heavy atom. The Bertz CT molecular complexity index is 244. The first-order chi connectivity index (χ1) is 9.35. The molecule has 112 valence electrons. The zero-order chi connectivity index (χ0) is 13.5. The van der Waals surface area contributed by atoms with E-state index in [0.717, 1.165) is 13.0 Å². The van der Waals surface area contributed by atoms with Crippen LogP contribution in [0, 0.1) is 0 Å². The van der Waals surface area contributed by atoms with Crippen LogP contribution in [-0.2, 0) is 14.2 Å². The second kappa shape index (κ2) is 8.20. The van der Waals surface area contributed by atoms with Gasteiger partial charge in [0, 0.05) is 13.2 Å². The van der Waals surface area contributed by atoms with E-state index in [1.807, 2.05) is 0 Å². The highest BCUT2D eigenvalue weighted by atomic mass is 16.6. The van der Waals surface area contributed by atoms with E-state index < -0.39 is 0 Å². The summed E-state index contributed by atoms with van der Waals surface area (Å²) in [4.78, 5) is 0. The molecule has 0 aromatic carbocycles. The SMILES string of the molecule is CCNC1CC(OC2CCCCC2)C1OCCOC. The molecule has 4 heteroatoms. The van der Waals surface area contributed by atoms with Gasteiger partial charge in [-0.3, -0.25) is 0 Å². The third-order valence-corrected chi connectivity index (χ3v) is 4.23. The van der Waals surface area contributed by atoms with Crippen LogP contribution >= 0.6 is 0 Å². The van der Waals surface area contributed by atoms with Crippen molar-refractivity contribution in [3.63, 3.8) is 0 Å². The molecular weight excluding hydrogens is 242 g/mol. The van der Waals surface area contributed by atoms with Gasteiger partial charge < -0.3 is 19.5 Å². The molecule has 2 aliphatic carbocycles. The Kier molecular flexibility index (Phi) is 6.57. The van der Waals surface area contributed by atoms with Crippen LogP contribution in [0.3, 0.4) is 0 Å². The van der Waals surface area contributed by atoms with Gasteiger partial charge in [0.05, 0.1) is 31.5 Å². The van der Waals surface area contributed by atoms with E-state index in [1.165, 1.54) is 32.1 Å². The molecule has 1 N–H and O–H groups in total. The molecule has 0 aromatic heterocycles. The third-order valence-electron chi connectivity index (χ3n) is 4.23. The predicted octanol–water partition coefficient (Wildman–Crippen LogP) is 2.12. The van der Waals surface area contributed by atoms with E-state index >= 15 is 0 Å². The first-order valence-electron chi connectivity index (χ1n) is 7.84. The number of likely N-dealkylation sites (N-methyl/N-ethyl adjacent to an activating group) is 1. The van der Waals surface area contributed by atoms with Crippen molar-refractivity contribution in [2.24, 2.45) is 0 Å². The smallest absolute Gasteiger partial charge is 0.0991 e. The largest absolute Gasteiger partial charge is 0.382 e. The van der Waals surface area contributed by atoms with Gasteiger partial charge in [-0.15, -0.1) is 0 Å². The molecule has 2 rings (SSSR count). The van der Waals surface area contributed by atoms with Crippen molar-refractivity contribution in [3.8, 4) is 0 Å². The topological polar surface area (TPSA) is 39.7 Å². The Morgan fingerprint density at radius 2 is 1.89 bits per heavy atom. The van der Waals surface area contributed by atoms with Gasteiger partial charge in [0.2, 0.25) is 0 Å². The molecular formula is C15H29NO3. The Morgan fingerprint density at radius 1 is 1.11 bits per heavy atom. The van der Waals surface area contributed by atoms with Crippen molar-refractivity contribution < 1.29 is 14.2 Å². The molecule has 2 aliphatic rings. The summed E-state index contributed by atoms with van der Waals surface area (Å²) in [7, 11) is 1.71. The minimum Gasteiger partial charge on any atom is -0.382 e. The lowest BCUT2D eigenvalue weighted by atomic mass is 9.84. The van der Waals surface area contributed by atoms with Crippen LogP contribution < -0.4 is 5.32 Å². The van der Waals surface area contributed by atoms with Gasteiger partial charge in [0.1, 0.15) is 0 Å². The normalized spacial score (nSPS) is 32.2. The standard InChI is InChI=1S/C15H29NO3/c1-3-16-13-11-14(15(13)18-10-9-17-2)19-12-7-5-4-6-8-12/h12-16H,3-11H2,1-2H3. The van der Waals surface area contributed by atoms with Gasteiger partial charge in [0.15, 0.2) is 0 Å². The summed E-state index contributed by atoms with van der Waals surface area (Å²) < 4.78 is 17.2. The van der Waals surface area contributed by atoms with Crippen molar-refractivity contribution in [1.29, 1.82) is 0 Å². The van der Waals surface area contributed by atoms with Crippen LogP contribution in [0.1, 0.15) is 45.4 Å². The zero-order valence-electron chi connectivity index (χ0n) is 12.4. The highest BCUT2D eigenvalue weighted by Crippen LogP contribution is 2.31. The number of hydrogen-bond donors (Lipinski definition) is 1. The maximum absolute atomic E-state index is 6.24. The summed E-state index contributed by atoms with van der Waals surface area (Å²) in [6, 6.07) is 0.454. The number of nitrogens with one attached hydrogen (secondary N) is 1. The minimum atomic E-state index is 0.206. The van der Waals surface area contributed by atoms with Crippen molar-refractivity contribution in [2.45, 2.75) is 69.8 Å². The highest BCUT2D eigenvalue weighted by molar-refractivity contribution is 4.97. The lowest BCUT2D eigenvalue weighted by Crippen LogP contribution is -2.61. The average Bonchev–Trinajstić information content (AvgIpc) is 2.43. The van der Waals surface area contributed by atoms with Gasteiger partial charge in [-0.25, -0.2) is 0 Å². The van der Waals surface area contributed by atoms with Crippen molar-refractivity contribution in [3.05, 3.63) is 0 Å². The fourth-order valence-electron chi connectivity index (χ4n) is 3.12. The van der Waals surface area contributed by atoms with Gasteiger partial charge in [0.25, 0.3) is 0 Å². The molecule has 0 heterocycles. The Balaban J connectivity index is 1.74. The van der Waals surface area contributed by atoms with E-state index in [-0.39, 0.29) is 12.2 Å². The van der Waals surface area contributed by atoms with E-state index in [0.29, 0.717) is 25.4 Å². The van der Waals surface area contributed by atoms with E-state index in [9.17, 15) is 0 Å². The molecule has 4 nitrogen and oxygen atoms in total. The number of rotatable bonds is 8. The van der Waals surface area contributed by atoms with Crippen LogP contribution in [0.25, 0.3) is 0 Å². The molecule has 3 atom stereocenters. The molecule has 0 spiro atoms. The van der Waals surface area contributed by atoms with Gasteiger partial charge in [-0.1, -0.05) is 26.2 Å². The third kappa shape index (κ3) is 4.42. The van der Waals surface area contributed by atoms with E-state index in [2.05, 4.69) is 12.2 Å². The molecule has 0 aromatic rings. The van der Waals surface area contributed by atoms with Crippen molar-refractivity contribution >= 4 is 0 Å². The van der Waals surface area contributed by atoms with Crippen LogP contribution in [0.15, 0.2) is 0 Å². The van der Waals surface area contributed by atoms with Gasteiger partial charge >= 0.3 is 0 Å². The maximum atomic E-state index is 6.24. The predicted molar refractivity (Wildman–Crippen MR) is 75.4 cm³/mol. The molecule has 0 amide bonds. The number of methoxy groups -OCH3 is 1. The summed E-state index contributed by atoms with van der Waals surface area (Å²) in [5, 5.41) is 3.48. The molecule has 0 saturated heterocycles. The molecule has 2 fully saturated rings. The maximum Gasteiger partial charge on any atom is 0.0991 e. The summed E-state index contributed by atoms with van der Waals surface area (Å²) in [5.74, 6) is 0. The van der Waals surface area contributed by atoms with Crippen molar-refractivity contribution in [1.82, 2.24) is 5.32 Å². The van der Waals surface area contributed by atoms with Crippen LogP contribution in [0.5, 0.6) is 0 Å². The molecule has 0 bridgehead atoms. The van der Waals surface area contributed by atoms with Crippen LogP contribution in [-0.4, -0.2) is 51.2 Å². The summed E-state index contributed by atoms with van der Waals surface area (Å²) in [6.07, 6.45) is 8.52. The fourth-order valence-corrected chi connectivity index (χ4v) is 3.12. The van der Waals surface area contributed by atoms with Gasteiger partial charge in [-0.05, 0) is 25.8 Å². The lowest BCUT2D eigenvalue weighted by molar-refractivity contribution is -0.175. The average molecular weight is 271 g/mol. The lowest BCUT2D eigenvalue weighted by Gasteiger charge is -2.46. The summed E-state index contributed by atoms with van der Waals surface area (Å²) >= 11 is 0. The second-order valence-electron chi connectivity index (χ2n) is 5.66. The zero-order valence-corrected chi connectivity index (χ0v) is 12.4. The number of ether oxygens (including phenoxy) is 3. The molecule has 2 saturated carbocycles. The Hall–Kier alpha value is -0.160. The number of hydrogen-bond acceptors (Lipinski definition) is 4. The highest BCUT2D eigenvalue weighted by Gasteiger charge is 2.43. The molecule has 19 heavy (non-hydrogen) atoms. The fraction of sp³-hybridized carbons (Fsp3) is 1.00. The quantitative estimate of drug-likeness (QED) is 0.686. The van der Waals surface area contributed by atoms with E-state index in [1.54, 1.807) is 7.11 Å². The first kappa shape index (κ1) is 15.2. The summed E-state index contributed by atoms with van der Waals surface area (Å²) in [5.41, 5.74) is 0. The Labute approximate surface area is 117 Å². The molecule has 3 unspecified atom stereocenters. The van der Waals surface area contributed by atoms with Gasteiger partial charge in [-0.2, -0.15) is 0 Å². The van der Waals surface area contributed by atoms with E-state index in [4.69, 9.17) is 14.2 Å². The summed E-state index contributed by atoms with van der Waals surface area (Å²) in [6.45, 7) is 4.45. The van der Waals surface area contributed by atoms with Crippen LogP contribution in [0.2, 0.25) is 0 Å². The molecule has 0 aliphatic heterocycles. The monoisotopic (exact) mass is 271 g/mol. The minimum absolute atomic E-state index is 0.206. The molecule has 0 radical (unpaired) electrons. The van der Waals surface area contributed by atoms with Crippen molar-refractivity contribution in [2.75, 3.05) is 26.9 Å². The second-order valence-corrected chi connectivity index (χ2v) is 5.66. The first-order valence-corrected chi connectivity index (χ1v) is 7.84.